The minimum atomic E-state index is -0.828. The van der Waals surface area contributed by atoms with Gasteiger partial charge in [0.25, 0.3) is 0 Å². The van der Waals surface area contributed by atoms with Crippen LogP contribution < -0.4 is 5.32 Å². The Bertz CT molecular complexity index is 411. The van der Waals surface area contributed by atoms with Crippen LogP contribution in [-0.4, -0.2) is 34.9 Å². The Morgan fingerprint density at radius 3 is 1.68 bits per heavy atom. The lowest BCUT2D eigenvalue weighted by Crippen LogP contribution is -2.45. The molecular weight excluding hydrogens is 386 g/mol. The number of hydrogen-bond donors (Lipinski definition) is 3. The zero-order chi connectivity index (χ0) is 23.0. The third-order valence-electron chi connectivity index (χ3n) is 6.02. The van der Waals surface area contributed by atoms with Crippen molar-refractivity contribution in [2.45, 2.75) is 148 Å². The molecule has 0 aromatic carbocycles. The van der Waals surface area contributed by atoms with Gasteiger partial charge >= 0.3 is 0 Å². The van der Waals surface area contributed by atoms with Gasteiger partial charge in [0.05, 0.1) is 18.8 Å². The van der Waals surface area contributed by atoms with E-state index in [-0.39, 0.29) is 12.5 Å². The summed E-state index contributed by atoms with van der Waals surface area (Å²) in [6.45, 7) is 4.21. The second-order valence-corrected chi connectivity index (χ2v) is 9.12. The van der Waals surface area contributed by atoms with E-state index >= 15 is 0 Å². The Balaban J connectivity index is 3.70. The van der Waals surface area contributed by atoms with E-state index in [1.165, 1.54) is 89.9 Å². The zero-order valence-corrected chi connectivity index (χ0v) is 20.8. The molecular formula is C27H53NO3. The van der Waals surface area contributed by atoms with Gasteiger partial charge in [-0.15, -0.1) is 0 Å². The molecule has 0 aromatic heterocycles. The normalized spacial score (nSPS) is 13.5. The maximum atomic E-state index is 12.0. The molecule has 0 fully saturated rings. The van der Waals surface area contributed by atoms with E-state index in [1.807, 2.05) is 6.08 Å². The van der Waals surface area contributed by atoms with Crippen molar-refractivity contribution in [1.82, 2.24) is 5.32 Å². The highest BCUT2D eigenvalue weighted by atomic mass is 16.3. The van der Waals surface area contributed by atoms with Gasteiger partial charge < -0.3 is 15.5 Å². The molecule has 0 unspecified atom stereocenters. The summed E-state index contributed by atoms with van der Waals surface area (Å²) < 4.78 is 0. The first-order valence-electron chi connectivity index (χ1n) is 13.4. The average Bonchev–Trinajstić information content (AvgIpc) is 2.77. The van der Waals surface area contributed by atoms with Gasteiger partial charge in [-0.2, -0.15) is 0 Å². The maximum absolute atomic E-state index is 12.0. The summed E-state index contributed by atoms with van der Waals surface area (Å²) in [7, 11) is 0. The van der Waals surface area contributed by atoms with Crippen molar-refractivity contribution in [2.75, 3.05) is 6.61 Å². The van der Waals surface area contributed by atoms with Gasteiger partial charge in [0.15, 0.2) is 0 Å². The second kappa shape index (κ2) is 23.8. The molecule has 31 heavy (non-hydrogen) atoms. The zero-order valence-electron chi connectivity index (χ0n) is 20.8. The summed E-state index contributed by atoms with van der Waals surface area (Å²) in [5, 5.41) is 22.5. The minimum absolute atomic E-state index is 0.0765. The summed E-state index contributed by atoms with van der Waals surface area (Å²) in [4.78, 5) is 12.0. The Kier molecular flexibility index (Phi) is 23.1. The van der Waals surface area contributed by atoms with E-state index in [1.54, 1.807) is 6.08 Å². The summed E-state index contributed by atoms with van der Waals surface area (Å²) in [5.41, 5.74) is 0. The van der Waals surface area contributed by atoms with Gasteiger partial charge in [0.1, 0.15) is 0 Å². The van der Waals surface area contributed by atoms with Crippen LogP contribution in [0.15, 0.2) is 12.2 Å². The summed E-state index contributed by atoms with van der Waals surface area (Å²) in [6.07, 6.45) is 25.7. The Morgan fingerprint density at radius 2 is 1.19 bits per heavy atom. The third-order valence-corrected chi connectivity index (χ3v) is 6.02. The molecule has 0 saturated heterocycles. The molecule has 2 atom stereocenters. The highest BCUT2D eigenvalue weighted by Gasteiger charge is 2.17. The molecule has 1 amide bonds. The molecule has 0 saturated carbocycles. The number of hydrogen-bond acceptors (Lipinski definition) is 3. The van der Waals surface area contributed by atoms with Gasteiger partial charge in [0, 0.05) is 6.42 Å². The van der Waals surface area contributed by atoms with Gasteiger partial charge in [0.2, 0.25) is 5.91 Å². The summed E-state index contributed by atoms with van der Waals surface area (Å²) in [6, 6.07) is -0.610. The number of aliphatic hydroxyl groups is 2. The Morgan fingerprint density at radius 1 is 0.742 bits per heavy atom. The quantitative estimate of drug-likeness (QED) is 0.121. The van der Waals surface area contributed by atoms with Gasteiger partial charge in [-0.1, -0.05) is 122 Å². The number of carbonyl (C=O) groups is 1. The number of amides is 1. The number of aliphatic hydroxyl groups excluding tert-OH is 2. The van der Waals surface area contributed by atoms with Crippen molar-refractivity contribution in [3.8, 4) is 0 Å². The van der Waals surface area contributed by atoms with E-state index in [9.17, 15) is 15.0 Å². The number of unbranched alkanes of at least 4 members (excludes halogenated alkanes) is 16. The Labute approximate surface area is 193 Å². The van der Waals surface area contributed by atoms with Crippen LogP contribution in [0.3, 0.4) is 0 Å². The molecule has 0 aliphatic carbocycles. The van der Waals surface area contributed by atoms with E-state index in [2.05, 4.69) is 19.2 Å². The van der Waals surface area contributed by atoms with Crippen LogP contribution >= 0.6 is 0 Å². The maximum Gasteiger partial charge on any atom is 0.220 e. The minimum Gasteiger partial charge on any atom is -0.394 e. The van der Waals surface area contributed by atoms with Crippen molar-refractivity contribution in [3.63, 3.8) is 0 Å². The topological polar surface area (TPSA) is 69.6 Å². The van der Waals surface area contributed by atoms with Gasteiger partial charge in [-0.05, 0) is 19.3 Å². The molecule has 0 aromatic rings. The predicted molar refractivity (Wildman–Crippen MR) is 133 cm³/mol. The Hall–Kier alpha value is -0.870. The lowest BCUT2D eigenvalue weighted by molar-refractivity contribution is -0.123. The van der Waals surface area contributed by atoms with Crippen LogP contribution in [0.2, 0.25) is 0 Å². The van der Waals surface area contributed by atoms with Crippen molar-refractivity contribution < 1.29 is 15.0 Å². The molecule has 0 spiro atoms. The average molecular weight is 440 g/mol. The van der Waals surface area contributed by atoms with Crippen LogP contribution in [0.1, 0.15) is 136 Å². The van der Waals surface area contributed by atoms with E-state index < -0.39 is 12.1 Å². The molecule has 184 valence electrons. The lowest BCUT2D eigenvalue weighted by atomic mass is 10.0. The predicted octanol–water partition coefficient (Wildman–Crippen LogP) is 6.83. The monoisotopic (exact) mass is 439 g/mol. The highest BCUT2D eigenvalue weighted by molar-refractivity contribution is 5.76. The third kappa shape index (κ3) is 20.8. The van der Waals surface area contributed by atoms with Crippen LogP contribution in [0, 0.1) is 0 Å². The molecule has 0 radical (unpaired) electrons. The summed E-state index contributed by atoms with van der Waals surface area (Å²) >= 11 is 0. The number of nitrogens with one attached hydrogen (secondary N) is 1. The fraction of sp³-hybridized carbons (Fsp3) is 0.889. The van der Waals surface area contributed by atoms with E-state index in [4.69, 9.17) is 0 Å². The fourth-order valence-corrected chi connectivity index (χ4v) is 3.88. The highest BCUT2D eigenvalue weighted by Crippen LogP contribution is 2.12. The van der Waals surface area contributed by atoms with Crippen molar-refractivity contribution in [2.24, 2.45) is 0 Å². The lowest BCUT2D eigenvalue weighted by Gasteiger charge is -2.20. The van der Waals surface area contributed by atoms with Gasteiger partial charge in [-0.25, -0.2) is 0 Å². The van der Waals surface area contributed by atoms with Gasteiger partial charge in [-0.3, -0.25) is 4.79 Å². The number of carbonyl (C=O) groups excluding carboxylic acids is 1. The molecule has 4 nitrogen and oxygen atoms in total. The molecule has 3 N–H and O–H groups in total. The van der Waals surface area contributed by atoms with Crippen LogP contribution in [0.25, 0.3) is 0 Å². The van der Waals surface area contributed by atoms with Crippen molar-refractivity contribution in [3.05, 3.63) is 12.2 Å². The van der Waals surface area contributed by atoms with E-state index in [0.29, 0.717) is 6.42 Å². The number of rotatable bonds is 23. The smallest absolute Gasteiger partial charge is 0.220 e. The molecule has 0 bridgehead atoms. The van der Waals surface area contributed by atoms with E-state index in [0.717, 1.165) is 25.7 Å². The number of allylic oxidation sites excluding steroid dienone is 1. The first-order valence-corrected chi connectivity index (χ1v) is 13.4. The van der Waals surface area contributed by atoms with Crippen LogP contribution in [0.4, 0.5) is 0 Å². The molecule has 0 rings (SSSR count). The molecule has 0 aliphatic heterocycles. The summed E-state index contributed by atoms with van der Waals surface area (Å²) in [5.74, 6) is -0.0765. The molecule has 0 heterocycles. The second-order valence-electron chi connectivity index (χ2n) is 9.12. The standard InChI is InChI=1S/C27H53NO3/c1-3-5-7-9-11-12-13-14-15-16-17-18-20-22-26(30)25(24-29)28-27(31)23-21-19-10-8-6-4-2/h20,22,25-26,29-30H,3-19,21,23-24H2,1-2H3,(H,28,31)/b22-20+/t25-,26+/m0/s1. The SMILES string of the molecule is CCCCCCCCCCCCC/C=C/[C@@H](O)[C@H](CO)NC(=O)CCCCCCCC. The fourth-order valence-electron chi connectivity index (χ4n) is 3.88. The largest absolute Gasteiger partial charge is 0.394 e. The molecule has 0 aliphatic rings. The van der Waals surface area contributed by atoms with Crippen LogP contribution in [-0.2, 0) is 4.79 Å². The molecule has 4 heteroatoms. The first kappa shape index (κ1) is 30.1. The van der Waals surface area contributed by atoms with Crippen molar-refractivity contribution in [1.29, 1.82) is 0 Å². The first-order chi connectivity index (χ1) is 15.2. The van der Waals surface area contributed by atoms with Crippen molar-refractivity contribution >= 4 is 5.91 Å². The van der Waals surface area contributed by atoms with Crippen LogP contribution in [0.5, 0.6) is 0 Å².